The van der Waals surface area contributed by atoms with Crippen LogP contribution >= 0.6 is 11.3 Å². The van der Waals surface area contributed by atoms with E-state index in [-0.39, 0.29) is 16.8 Å². The number of primary amides is 1. The molecule has 1 unspecified atom stereocenters. The number of hydrogen-bond acceptors (Lipinski definition) is 6. The van der Waals surface area contributed by atoms with Gasteiger partial charge in [-0.2, -0.15) is 0 Å². The number of likely N-dealkylation sites (tertiary alicyclic amines) is 1. The molecule has 0 aliphatic carbocycles. The summed E-state index contributed by atoms with van der Waals surface area (Å²) in [5.74, 6) is -0.806. The van der Waals surface area contributed by atoms with E-state index in [2.05, 4.69) is 10.0 Å². The molecule has 8 nitrogen and oxygen atoms in total. The molecule has 1 atom stereocenters. The zero-order valence-electron chi connectivity index (χ0n) is 16.0. The number of anilines is 1. The van der Waals surface area contributed by atoms with E-state index in [0.29, 0.717) is 36.5 Å². The molecule has 2 aromatic rings. The van der Waals surface area contributed by atoms with Crippen molar-refractivity contribution in [2.45, 2.75) is 36.7 Å². The first-order valence-electron chi connectivity index (χ1n) is 9.27. The molecule has 1 aromatic carbocycles. The quantitative estimate of drug-likeness (QED) is 0.609. The van der Waals surface area contributed by atoms with Crippen LogP contribution in [0.3, 0.4) is 0 Å². The number of amides is 2. The molecule has 1 aromatic heterocycles. The van der Waals surface area contributed by atoms with Crippen molar-refractivity contribution >= 4 is 38.2 Å². The second-order valence-corrected chi connectivity index (χ2v) is 9.57. The fourth-order valence-electron chi connectivity index (χ4n) is 3.27. The van der Waals surface area contributed by atoms with Gasteiger partial charge in [0, 0.05) is 19.1 Å². The maximum absolute atomic E-state index is 12.6. The average molecular weight is 437 g/mol. The highest BCUT2D eigenvalue weighted by atomic mass is 32.2. The zero-order valence-corrected chi connectivity index (χ0v) is 17.6. The van der Waals surface area contributed by atoms with Crippen LogP contribution in [0.2, 0.25) is 0 Å². The third-order valence-electron chi connectivity index (χ3n) is 5.00. The van der Waals surface area contributed by atoms with Gasteiger partial charge in [-0.1, -0.05) is 18.2 Å². The Bertz CT molecular complexity index is 967. The Morgan fingerprint density at radius 3 is 2.45 bits per heavy atom. The molecule has 0 saturated carbocycles. The SMILES string of the molecule is CC(C(=O)Nc1sccc1C(N)=O)N1CCC(NS(=O)(=O)c2ccccc2)CC1. The number of thiophene rings is 1. The molecular weight excluding hydrogens is 412 g/mol. The van der Waals surface area contributed by atoms with E-state index in [0.717, 1.165) is 0 Å². The third-order valence-corrected chi connectivity index (χ3v) is 7.37. The van der Waals surface area contributed by atoms with Crippen molar-refractivity contribution in [1.29, 1.82) is 0 Å². The van der Waals surface area contributed by atoms with Gasteiger partial charge in [-0.15, -0.1) is 11.3 Å². The number of hydrogen-bond donors (Lipinski definition) is 3. The Balaban J connectivity index is 1.54. The van der Waals surface area contributed by atoms with Gasteiger partial charge < -0.3 is 11.1 Å². The summed E-state index contributed by atoms with van der Waals surface area (Å²) < 4.78 is 27.7. The Hall–Kier alpha value is -2.27. The summed E-state index contributed by atoms with van der Waals surface area (Å²) in [5.41, 5.74) is 5.61. The van der Waals surface area contributed by atoms with E-state index in [9.17, 15) is 18.0 Å². The van der Waals surface area contributed by atoms with Crippen LogP contribution < -0.4 is 15.8 Å². The largest absolute Gasteiger partial charge is 0.366 e. The van der Waals surface area contributed by atoms with Crippen molar-refractivity contribution < 1.29 is 18.0 Å². The Labute approximate surface area is 174 Å². The van der Waals surface area contributed by atoms with Crippen LogP contribution in [-0.4, -0.2) is 50.3 Å². The zero-order chi connectivity index (χ0) is 21.0. The minimum absolute atomic E-state index is 0.175. The van der Waals surface area contributed by atoms with Crippen LogP contribution in [0, 0.1) is 0 Å². The monoisotopic (exact) mass is 436 g/mol. The van der Waals surface area contributed by atoms with Gasteiger partial charge in [0.1, 0.15) is 5.00 Å². The molecule has 1 aliphatic heterocycles. The maximum atomic E-state index is 12.6. The number of carbonyl (C=O) groups is 2. The number of nitrogens with zero attached hydrogens (tertiary/aromatic N) is 1. The predicted molar refractivity (Wildman–Crippen MR) is 112 cm³/mol. The third kappa shape index (κ3) is 5.21. The molecule has 156 valence electrons. The lowest BCUT2D eigenvalue weighted by Gasteiger charge is -2.35. The molecular formula is C19H24N4O4S2. The number of rotatable bonds is 7. The summed E-state index contributed by atoms with van der Waals surface area (Å²) in [6, 6.07) is 9.27. The summed E-state index contributed by atoms with van der Waals surface area (Å²) in [4.78, 5) is 26.2. The summed E-state index contributed by atoms with van der Waals surface area (Å²) in [6.45, 7) is 2.97. The second kappa shape index (κ2) is 9.04. The summed E-state index contributed by atoms with van der Waals surface area (Å²) in [5, 5.41) is 4.91. The van der Waals surface area contributed by atoms with Gasteiger partial charge in [-0.05, 0) is 43.3 Å². The molecule has 1 fully saturated rings. The molecule has 0 spiro atoms. The first-order valence-corrected chi connectivity index (χ1v) is 11.6. The topological polar surface area (TPSA) is 122 Å². The molecule has 2 heterocycles. The molecule has 1 aliphatic rings. The van der Waals surface area contributed by atoms with Gasteiger partial charge in [0.15, 0.2) is 0 Å². The predicted octanol–water partition coefficient (Wildman–Crippen LogP) is 1.62. The number of sulfonamides is 1. The highest BCUT2D eigenvalue weighted by Crippen LogP contribution is 2.24. The summed E-state index contributed by atoms with van der Waals surface area (Å²) >= 11 is 1.25. The highest BCUT2D eigenvalue weighted by molar-refractivity contribution is 7.89. The van der Waals surface area contributed by atoms with Crippen LogP contribution in [0.5, 0.6) is 0 Å². The van der Waals surface area contributed by atoms with E-state index >= 15 is 0 Å². The van der Waals surface area contributed by atoms with E-state index in [1.54, 1.807) is 48.7 Å². The lowest BCUT2D eigenvalue weighted by Crippen LogP contribution is -2.50. The normalized spacial score (nSPS) is 17.0. The summed E-state index contributed by atoms with van der Waals surface area (Å²) in [7, 11) is -3.55. The fraction of sp³-hybridized carbons (Fsp3) is 0.368. The van der Waals surface area contributed by atoms with Gasteiger partial charge in [-0.25, -0.2) is 13.1 Å². The smallest absolute Gasteiger partial charge is 0.251 e. The lowest BCUT2D eigenvalue weighted by atomic mass is 10.0. The summed E-state index contributed by atoms with van der Waals surface area (Å²) in [6.07, 6.45) is 1.21. The molecule has 3 rings (SSSR count). The van der Waals surface area contributed by atoms with Crippen LogP contribution in [-0.2, 0) is 14.8 Å². The fourth-order valence-corrected chi connectivity index (χ4v) is 5.40. The van der Waals surface area contributed by atoms with Gasteiger partial charge in [0.2, 0.25) is 15.9 Å². The Morgan fingerprint density at radius 1 is 1.17 bits per heavy atom. The number of benzene rings is 1. The highest BCUT2D eigenvalue weighted by Gasteiger charge is 2.29. The van der Waals surface area contributed by atoms with Crippen molar-refractivity contribution in [3.63, 3.8) is 0 Å². The van der Waals surface area contributed by atoms with Crippen LogP contribution in [0.1, 0.15) is 30.1 Å². The lowest BCUT2D eigenvalue weighted by molar-refractivity contribution is -0.121. The minimum atomic E-state index is -3.55. The van der Waals surface area contributed by atoms with Crippen molar-refractivity contribution in [3.05, 3.63) is 47.3 Å². The van der Waals surface area contributed by atoms with Crippen molar-refractivity contribution in [3.8, 4) is 0 Å². The number of piperidine rings is 1. The van der Waals surface area contributed by atoms with Crippen molar-refractivity contribution in [2.24, 2.45) is 5.73 Å². The van der Waals surface area contributed by atoms with Gasteiger partial charge in [-0.3, -0.25) is 14.5 Å². The molecule has 0 radical (unpaired) electrons. The van der Waals surface area contributed by atoms with Crippen LogP contribution in [0.25, 0.3) is 0 Å². The van der Waals surface area contributed by atoms with Crippen LogP contribution in [0.15, 0.2) is 46.7 Å². The first-order chi connectivity index (χ1) is 13.8. The van der Waals surface area contributed by atoms with Crippen LogP contribution in [0.4, 0.5) is 5.00 Å². The molecule has 29 heavy (non-hydrogen) atoms. The van der Waals surface area contributed by atoms with E-state index in [1.807, 2.05) is 4.90 Å². The number of nitrogens with one attached hydrogen (secondary N) is 2. The molecule has 1 saturated heterocycles. The number of carbonyl (C=O) groups excluding carboxylic acids is 2. The first kappa shape index (κ1) is 21.4. The molecule has 4 N–H and O–H groups in total. The maximum Gasteiger partial charge on any atom is 0.251 e. The second-order valence-electron chi connectivity index (χ2n) is 6.94. The molecule has 0 bridgehead atoms. The van der Waals surface area contributed by atoms with Gasteiger partial charge in [0.05, 0.1) is 16.5 Å². The molecule has 2 amide bonds. The van der Waals surface area contributed by atoms with E-state index in [1.165, 1.54) is 11.3 Å². The van der Waals surface area contributed by atoms with Crippen molar-refractivity contribution in [1.82, 2.24) is 9.62 Å². The van der Waals surface area contributed by atoms with Gasteiger partial charge in [0.25, 0.3) is 5.91 Å². The number of nitrogens with two attached hydrogens (primary N) is 1. The standard InChI is InChI=1S/C19H24N4O4S2/c1-13(18(25)21-19-16(17(20)24)9-12-28-19)23-10-7-14(8-11-23)22-29(26,27)15-5-3-2-4-6-15/h2-6,9,12-14,22H,7-8,10-11H2,1H3,(H2,20,24)(H,21,25). The Morgan fingerprint density at radius 2 is 1.83 bits per heavy atom. The van der Waals surface area contributed by atoms with Crippen molar-refractivity contribution in [2.75, 3.05) is 18.4 Å². The Kier molecular flexibility index (Phi) is 6.68. The molecule has 10 heteroatoms. The average Bonchev–Trinajstić information content (AvgIpc) is 3.17. The van der Waals surface area contributed by atoms with E-state index < -0.39 is 22.0 Å². The minimum Gasteiger partial charge on any atom is -0.366 e. The van der Waals surface area contributed by atoms with E-state index in [4.69, 9.17) is 5.73 Å². The van der Waals surface area contributed by atoms with Gasteiger partial charge >= 0.3 is 0 Å².